The first-order chi connectivity index (χ1) is 9.52. The topological polar surface area (TPSA) is 58.4 Å². The van der Waals surface area contributed by atoms with E-state index in [2.05, 4.69) is 21.2 Å². The minimum atomic E-state index is -0.607. The van der Waals surface area contributed by atoms with E-state index in [4.69, 9.17) is 0 Å². The van der Waals surface area contributed by atoms with Crippen LogP contribution in [0.2, 0.25) is 0 Å². The lowest BCUT2D eigenvalue weighted by molar-refractivity contribution is -0.384. The highest BCUT2D eigenvalue weighted by molar-refractivity contribution is 9.10. The summed E-state index contributed by atoms with van der Waals surface area (Å²) >= 11 is 3.11. The van der Waals surface area contributed by atoms with Gasteiger partial charge in [-0.15, -0.1) is 0 Å². The molecule has 0 aromatic heterocycles. The molecular formula is C13H17BrFN3O2. The van der Waals surface area contributed by atoms with Gasteiger partial charge in [0.15, 0.2) is 0 Å². The summed E-state index contributed by atoms with van der Waals surface area (Å²) in [6.07, 6.45) is 2.09. The number of hydrogen-bond acceptors (Lipinski definition) is 4. The van der Waals surface area contributed by atoms with Crippen LogP contribution in [0.4, 0.5) is 15.8 Å². The molecular weight excluding hydrogens is 329 g/mol. The summed E-state index contributed by atoms with van der Waals surface area (Å²) in [6.45, 7) is 2.39. The molecule has 20 heavy (non-hydrogen) atoms. The van der Waals surface area contributed by atoms with Crippen molar-refractivity contribution >= 4 is 27.3 Å². The quantitative estimate of drug-likeness (QED) is 0.673. The van der Waals surface area contributed by atoms with Gasteiger partial charge >= 0.3 is 0 Å². The van der Waals surface area contributed by atoms with Gasteiger partial charge in [0.2, 0.25) is 0 Å². The Morgan fingerprint density at radius 2 is 2.35 bits per heavy atom. The van der Waals surface area contributed by atoms with Gasteiger partial charge in [-0.25, -0.2) is 4.39 Å². The highest BCUT2D eigenvalue weighted by Crippen LogP contribution is 2.35. The fourth-order valence-corrected chi connectivity index (χ4v) is 3.00. The van der Waals surface area contributed by atoms with E-state index in [1.165, 1.54) is 6.07 Å². The maximum Gasteiger partial charge on any atom is 0.295 e. The first-order valence-corrected chi connectivity index (χ1v) is 7.35. The Hall–Kier alpha value is -1.21. The standard InChI is InChI=1S/C13H17BrFN3O2/c1-16-7-9-3-2-4-17(8-9)12-5-10(14)11(15)6-13(12)18(19)20/h5-6,9,16H,2-4,7-8H2,1H3. The molecule has 0 saturated carbocycles. The molecule has 1 aliphatic heterocycles. The Balaban J connectivity index is 2.31. The van der Waals surface area contributed by atoms with Crippen LogP contribution in [-0.2, 0) is 0 Å². The summed E-state index contributed by atoms with van der Waals surface area (Å²) < 4.78 is 13.8. The Bertz CT molecular complexity index is 511. The van der Waals surface area contributed by atoms with Crippen LogP contribution in [0.25, 0.3) is 0 Å². The summed E-state index contributed by atoms with van der Waals surface area (Å²) in [5.41, 5.74) is 0.319. The SMILES string of the molecule is CNCC1CCCN(c2cc(Br)c(F)cc2[N+](=O)[O-])C1. The van der Waals surface area contributed by atoms with Crippen molar-refractivity contribution in [3.63, 3.8) is 0 Å². The van der Waals surface area contributed by atoms with E-state index >= 15 is 0 Å². The first kappa shape index (κ1) is 15.2. The van der Waals surface area contributed by atoms with E-state index < -0.39 is 10.7 Å². The molecule has 1 unspecified atom stereocenters. The van der Waals surface area contributed by atoms with E-state index in [1.807, 2.05) is 11.9 Å². The van der Waals surface area contributed by atoms with Crippen LogP contribution in [0.15, 0.2) is 16.6 Å². The van der Waals surface area contributed by atoms with E-state index in [1.54, 1.807) is 0 Å². The third-order valence-corrected chi connectivity index (χ3v) is 4.17. The van der Waals surface area contributed by atoms with Crippen LogP contribution >= 0.6 is 15.9 Å². The predicted molar refractivity (Wildman–Crippen MR) is 79.6 cm³/mol. The molecule has 1 heterocycles. The Labute approximate surface area is 125 Å². The highest BCUT2D eigenvalue weighted by Gasteiger charge is 2.26. The number of nitro benzene ring substituents is 1. The predicted octanol–water partition coefficient (Wildman–Crippen LogP) is 2.93. The van der Waals surface area contributed by atoms with Gasteiger partial charge in [0, 0.05) is 13.1 Å². The molecule has 1 aliphatic rings. The van der Waals surface area contributed by atoms with Crippen LogP contribution in [0.5, 0.6) is 0 Å². The zero-order valence-corrected chi connectivity index (χ0v) is 12.8. The molecule has 2 rings (SSSR count). The van der Waals surface area contributed by atoms with Crippen molar-refractivity contribution < 1.29 is 9.31 Å². The third kappa shape index (κ3) is 3.27. The number of anilines is 1. The average Bonchev–Trinajstić information content (AvgIpc) is 2.42. The zero-order valence-electron chi connectivity index (χ0n) is 11.2. The molecule has 0 amide bonds. The van der Waals surface area contributed by atoms with Crippen molar-refractivity contribution in [3.05, 3.63) is 32.5 Å². The van der Waals surface area contributed by atoms with Gasteiger partial charge in [-0.1, -0.05) is 0 Å². The second kappa shape index (κ2) is 6.49. The smallest absolute Gasteiger partial charge is 0.295 e. The van der Waals surface area contributed by atoms with Crippen LogP contribution in [-0.4, -0.2) is 31.6 Å². The fraction of sp³-hybridized carbons (Fsp3) is 0.538. The number of nitrogens with zero attached hydrogens (tertiary/aromatic N) is 2. The lowest BCUT2D eigenvalue weighted by Gasteiger charge is -2.34. The van der Waals surface area contributed by atoms with E-state index in [-0.39, 0.29) is 10.2 Å². The minimum Gasteiger partial charge on any atom is -0.366 e. The molecule has 1 aromatic carbocycles. The van der Waals surface area contributed by atoms with Gasteiger partial charge in [0.05, 0.1) is 15.5 Å². The van der Waals surface area contributed by atoms with Crippen molar-refractivity contribution in [3.8, 4) is 0 Å². The maximum atomic E-state index is 13.5. The molecule has 5 nitrogen and oxygen atoms in total. The molecule has 1 aromatic rings. The Morgan fingerprint density at radius 1 is 1.60 bits per heavy atom. The van der Waals surface area contributed by atoms with Gasteiger partial charge in [0.1, 0.15) is 11.5 Å². The number of halogens is 2. The first-order valence-electron chi connectivity index (χ1n) is 6.56. The third-order valence-electron chi connectivity index (χ3n) is 3.57. The van der Waals surface area contributed by atoms with Gasteiger partial charge in [-0.05, 0) is 54.3 Å². The molecule has 1 N–H and O–H groups in total. The molecule has 0 spiro atoms. The number of hydrogen-bond donors (Lipinski definition) is 1. The van der Waals surface area contributed by atoms with Crippen molar-refractivity contribution in [1.82, 2.24) is 5.32 Å². The van der Waals surface area contributed by atoms with Crippen LogP contribution in [0.1, 0.15) is 12.8 Å². The summed E-state index contributed by atoms with van der Waals surface area (Å²) in [7, 11) is 1.90. The lowest BCUT2D eigenvalue weighted by atomic mass is 9.97. The second-order valence-corrected chi connectivity index (χ2v) is 5.88. The van der Waals surface area contributed by atoms with Crippen LogP contribution in [0.3, 0.4) is 0 Å². The largest absolute Gasteiger partial charge is 0.366 e. The van der Waals surface area contributed by atoms with E-state index in [9.17, 15) is 14.5 Å². The molecule has 7 heteroatoms. The highest BCUT2D eigenvalue weighted by atomic mass is 79.9. The number of nitro groups is 1. The van der Waals surface area contributed by atoms with E-state index in [0.29, 0.717) is 11.6 Å². The summed E-state index contributed by atoms with van der Waals surface area (Å²) in [5.74, 6) is -0.151. The molecule has 1 atom stereocenters. The number of benzene rings is 1. The molecule has 0 radical (unpaired) electrons. The maximum absolute atomic E-state index is 13.5. The number of rotatable bonds is 4. The molecule has 0 bridgehead atoms. The second-order valence-electron chi connectivity index (χ2n) is 5.02. The number of piperidine rings is 1. The molecule has 1 saturated heterocycles. The average molecular weight is 346 g/mol. The summed E-state index contributed by atoms with van der Waals surface area (Å²) in [4.78, 5) is 12.6. The fourth-order valence-electron chi connectivity index (χ4n) is 2.66. The Morgan fingerprint density at radius 3 is 3.00 bits per heavy atom. The van der Waals surface area contributed by atoms with Crippen molar-refractivity contribution in [2.24, 2.45) is 5.92 Å². The molecule has 1 fully saturated rings. The molecule has 0 aliphatic carbocycles. The molecule has 110 valence electrons. The Kier molecular flexibility index (Phi) is 4.93. The minimum absolute atomic E-state index is 0.171. The van der Waals surface area contributed by atoms with Gasteiger partial charge in [-0.3, -0.25) is 10.1 Å². The summed E-state index contributed by atoms with van der Waals surface area (Å²) in [6, 6.07) is 2.50. The number of nitrogens with one attached hydrogen (secondary N) is 1. The van der Waals surface area contributed by atoms with Crippen LogP contribution < -0.4 is 10.2 Å². The zero-order chi connectivity index (χ0) is 14.7. The van der Waals surface area contributed by atoms with Crippen LogP contribution in [0, 0.1) is 21.8 Å². The van der Waals surface area contributed by atoms with Gasteiger partial charge in [0.25, 0.3) is 5.69 Å². The van der Waals surface area contributed by atoms with Gasteiger partial charge < -0.3 is 10.2 Å². The van der Waals surface area contributed by atoms with Crippen molar-refractivity contribution in [1.29, 1.82) is 0 Å². The lowest BCUT2D eigenvalue weighted by Crippen LogP contribution is -2.39. The normalized spacial score (nSPS) is 19.1. The van der Waals surface area contributed by atoms with Gasteiger partial charge in [-0.2, -0.15) is 0 Å². The van der Waals surface area contributed by atoms with Crippen molar-refractivity contribution in [2.75, 3.05) is 31.6 Å². The monoisotopic (exact) mass is 345 g/mol. The van der Waals surface area contributed by atoms with Crippen molar-refractivity contribution in [2.45, 2.75) is 12.8 Å². The van der Waals surface area contributed by atoms with E-state index in [0.717, 1.165) is 38.5 Å². The summed E-state index contributed by atoms with van der Waals surface area (Å²) in [5, 5.41) is 14.3.